The second-order valence-corrected chi connectivity index (χ2v) is 6.36. The van der Waals surface area contributed by atoms with Crippen molar-refractivity contribution in [1.29, 1.82) is 0 Å². The van der Waals surface area contributed by atoms with Gasteiger partial charge >= 0.3 is 0 Å². The van der Waals surface area contributed by atoms with E-state index in [0.29, 0.717) is 5.92 Å². The predicted octanol–water partition coefficient (Wildman–Crippen LogP) is 3.29. The number of aromatic nitrogens is 3. The van der Waals surface area contributed by atoms with Gasteiger partial charge in [0.15, 0.2) is 0 Å². The number of likely N-dealkylation sites (tertiary alicyclic amines) is 1. The van der Waals surface area contributed by atoms with Crippen molar-refractivity contribution in [3.8, 4) is 5.69 Å². The van der Waals surface area contributed by atoms with E-state index in [-0.39, 0.29) is 5.91 Å². The lowest BCUT2D eigenvalue weighted by molar-refractivity contribution is 0.0713. The van der Waals surface area contributed by atoms with Crippen LogP contribution in [0, 0.1) is 0 Å². The number of piperidine rings is 1. The number of hydrogen-bond acceptors (Lipinski definition) is 3. The molecule has 126 valence electrons. The highest BCUT2D eigenvalue weighted by atomic mass is 16.2. The van der Waals surface area contributed by atoms with E-state index in [1.165, 1.54) is 11.9 Å². The van der Waals surface area contributed by atoms with Crippen LogP contribution in [0.15, 0.2) is 67.3 Å². The maximum atomic E-state index is 12.7. The monoisotopic (exact) mass is 332 g/mol. The lowest BCUT2D eigenvalue weighted by atomic mass is 9.89. The molecule has 1 fully saturated rings. The number of nitrogens with zero attached hydrogens (tertiary/aromatic N) is 4. The molecule has 3 aromatic rings. The highest BCUT2D eigenvalue weighted by molar-refractivity contribution is 5.94. The molecule has 1 aliphatic rings. The molecule has 1 aliphatic heterocycles. The number of benzene rings is 2. The zero-order valence-corrected chi connectivity index (χ0v) is 14.0. The van der Waals surface area contributed by atoms with E-state index in [0.717, 1.165) is 37.2 Å². The van der Waals surface area contributed by atoms with E-state index in [1.807, 2.05) is 35.2 Å². The first kappa shape index (κ1) is 15.6. The molecule has 0 aliphatic carbocycles. The van der Waals surface area contributed by atoms with Gasteiger partial charge in [0.1, 0.15) is 12.7 Å². The minimum Gasteiger partial charge on any atom is -0.339 e. The van der Waals surface area contributed by atoms with Crippen LogP contribution in [0.3, 0.4) is 0 Å². The molecular formula is C20H20N4O. The zero-order valence-electron chi connectivity index (χ0n) is 14.0. The van der Waals surface area contributed by atoms with Gasteiger partial charge in [-0.15, -0.1) is 0 Å². The highest BCUT2D eigenvalue weighted by Crippen LogP contribution is 2.28. The Kier molecular flexibility index (Phi) is 4.29. The second kappa shape index (κ2) is 6.89. The standard InChI is InChI=1S/C20H20N4O/c25-20(18-6-8-19(9-7-18)24-15-21-14-22-24)23-12-10-17(11-13-23)16-4-2-1-3-5-16/h1-9,14-15,17H,10-13H2. The van der Waals surface area contributed by atoms with Crippen molar-refractivity contribution in [2.24, 2.45) is 0 Å². The third-order valence-electron chi connectivity index (χ3n) is 4.85. The van der Waals surface area contributed by atoms with Crippen LogP contribution in [-0.2, 0) is 0 Å². The lowest BCUT2D eigenvalue weighted by Crippen LogP contribution is -2.37. The summed E-state index contributed by atoms with van der Waals surface area (Å²) in [6.45, 7) is 1.62. The summed E-state index contributed by atoms with van der Waals surface area (Å²) in [5.41, 5.74) is 3.01. The lowest BCUT2D eigenvalue weighted by Gasteiger charge is -2.32. The summed E-state index contributed by atoms with van der Waals surface area (Å²) in [5, 5.41) is 4.10. The van der Waals surface area contributed by atoms with Gasteiger partial charge in [-0.05, 0) is 48.6 Å². The quantitative estimate of drug-likeness (QED) is 0.739. The van der Waals surface area contributed by atoms with Gasteiger partial charge in [-0.3, -0.25) is 4.79 Å². The SMILES string of the molecule is O=C(c1ccc(-n2cncn2)cc1)N1CCC(c2ccccc2)CC1. The zero-order chi connectivity index (χ0) is 17.1. The summed E-state index contributed by atoms with van der Waals surface area (Å²) >= 11 is 0. The number of rotatable bonds is 3. The molecule has 0 N–H and O–H groups in total. The van der Waals surface area contributed by atoms with Crippen LogP contribution < -0.4 is 0 Å². The Morgan fingerprint density at radius 1 is 0.960 bits per heavy atom. The summed E-state index contributed by atoms with van der Waals surface area (Å²) in [7, 11) is 0. The molecule has 1 aromatic heterocycles. The summed E-state index contributed by atoms with van der Waals surface area (Å²) in [6.07, 6.45) is 5.18. The highest BCUT2D eigenvalue weighted by Gasteiger charge is 2.24. The van der Waals surface area contributed by atoms with Crippen LogP contribution in [-0.4, -0.2) is 38.7 Å². The van der Waals surface area contributed by atoms with Gasteiger partial charge in [0.05, 0.1) is 5.69 Å². The molecule has 5 nitrogen and oxygen atoms in total. The Labute approximate surface area is 146 Å². The maximum absolute atomic E-state index is 12.7. The van der Waals surface area contributed by atoms with Gasteiger partial charge in [-0.1, -0.05) is 30.3 Å². The molecule has 2 heterocycles. The van der Waals surface area contributed by atoms with Gasteiger partial charge in [-0.25, -0.2) is 9.67 Å². The van der Waals surface area contributed by atoms with E-state index in [2.05, 4.69) is 34.3 Å². The van der Waals surface area contributed by atoms with Crippen molar-refractivity contribution in [2.75, 3.05) is 13.1 Å². The minimum absolute atomic E-state index is 0.108. The predicted molar refractivity (Wildman–Crippen MR) is 95.7 cm³/mol. The molecule has 25 heavy (non-hydrogen) atoms. The molecule has 0 unspecified atom stereocenters. The van der Waals surface area contributed by atoms with E-state index in [9.17, 15) is 4.79 Å². The number of carbonyl (C=O) groups excluding carboxylic acids is 1. The van der Waals surface area contributed by atoms with Gasteiger partial charge in [0.2, 0.25) is 0 Å². The number of carbonyl (C=O) groups is 1. The fourth-order valence-electron chi connectivity index (χ4n) is 3.42. The molecule has 0 spiro atoms. The molecule has 0 saturated carbocycles. The van der Waals surface area contributed by atoms with Crippen molar-refractivity contribution >= 4 is 5.91 Å². The van der Waals surface area contributed by atoms with Gasteiger partial charge in [0.25, 0.3) is 5.91 Å². The van der Waals surface area contributed by atoms with Crippen molar-refractivity contribution in [3.05, 3.63) is 78.4 Å². The first-order chi connectivity index (χ1) is 12.3. The van der Waals surface area contributed by atoms with Crippen molar-refractivity contribution in [3.63, 3.8) is 0 Å². The van der Waals surface area contributed by atoms with E-state index < -0.39 is 0 Å². The average Bonchev–Trinajstić information content (AvgIpc) is 3.23. The van der Waals surface area contributed by atoms with Gasteiger partial charge in [0, 0.05) is 18.7 Å². The number of hydrogen-bond donors (Lipinski definition) is 0. The van der Waals surface area contributed by atoms with Crippen LogP contribution in [0.2, 0.25) is 0 Å². The summed E-state index contributed by atoms with van der Waals surface area (Å²) in [5.74, 6) is 0.664. The van der Waals surface area contributed by atoms with Gasteiger partial charge < -0.3 is 4.90 Å². The fraction of sp³-hybridized carbons (Fsp3) is 0.250. The van der Waals surface area contributed by atoms with Crippen LogP contribution in [0.4, 0.5) is 0 Å². The number of amides is 1. The molecule has 0 atom stereocenters. The molecule has 4 rings (SSSR count). The van der Waals surface area contributed by atoms with Crippen LogP contribution in [0.5, 0.6) is 0 Å². The van der Waals surface area contributed by atoms with Crippen LogP contribution >= 0.6 is 0 Å². The van der Waals surface area contributed by atoms with Crippen LogP contribution in [0.25, 0.3) is 5.69 Å². The van der Waals surface area contributed by atoms with E-state index in [1.54, 1.807) is 11.0 Å². The Morgan fingerprint density at radius 3 is 2.32 bits per heavy atom. The second-order valence-electron chi connectivity index (χ2n) is 6.36. The molecule has 1 saturated heterocycles. The topological polar surface area (TPSA) is 51.0 Å². The first-order valence-electron chi connectivity index (χ1n) is 8.60. The van der Waals surface area contributed by atoms with Gasteiger partial charge in [-0.2, -0.15) is 5.10 Å². The Hall–Kier alpha value is -2.95. The molecule has 0 bridgehead atoms. The Balaban J connectivity index is 1.40. The molecule has 2 aromatic carbocycles. The molecular weight excluding hydrogens is 312 g/mol. The Bertz CT molecular complexity index is 820. The largest absolute Gasteiger partial charge is 0.339 e. The molecule has 1 amide bonds. The van der Waals surface area contributed by atoms with Crippen LogP contribution in [0.1, 0.15) is 34.7 Å². The minimum atomic E-state index is 0.108. The maximum Gasteiger partial charge on any atom is 0.253 e. The normalized spacial score (nSPS) is 15.3. The summed E-state index contributed by atoms with van der Waals surface area (Å²) in [6, 6.07) is 18.1. The fourth-order valence-corrected chi connectivity index (χ4v) is 3.42. The summed E-state index contributed by atoms with van der Waals surface area (Å²) < 4.78 is 1.68. The summed E-state index contributed by atoms with van der Waals surface area (Å²) in [4.78, 5) is 18.6. The molecule has 5 heteroatoms. The van der Waals surface area contributed by atoms with E-state index >= 15 is 0 Å². The molecule has 0 radical (unpaired) electrons. The van der Waals surface area contributed by atoms with Crippen molar-refractivity contribution in [1.82, 2.24) is 19.7 Å². The van der Waals surface area contributed by atoms with E-state index in [4.69, 9.17) is 0 Å². The third kappa shape index (κ3) is 3.31. The van der Waals surface area contributed by atoms with Crippen molar-refractivity contribution in [2.45, 2.75) is 18.8 Å². The van der Waals surface area contributed by atoms with Crippen molar-refractivity contribution < 1.29 is 4.79 Å². The smallest absolute Gasteiger partial charge is 0.253 e. The third-order valence-corrected chi connectivity index (χ3v) is 4.85. The first-order valence-corrected chi connectivity index (χ1v) is 8.60. The average molecular weight is 332 g/mol. The Morgan fingerprint density at radius 2 is 1.68 bits per heavy atom.